The molecular formula is C23H28N4O6. The number of benzene rings is 2. The molecule has 0 saturated carbocycles. The molecule has 0 radical (unpaired) electrons. The van der Waals surface area contributed by atoms with Crippen LogP contribution < -0.4 is 26.4 Å². The number of hydrogen-bond donors (Lipinski definition) is 5. The lowest BCUT2D eigenvalue weighted by atomic mass is 10.1. The molecular weight excluding hydrogens is 428 g/mol. The van der Waals surface area contributed by atoms with E-state index in [1.807, 2.05) is 13.0 Å². The number of amides is 3. The van der Waals surface area contributed by atoms with Gasteiger partial charge in [-0.3, -0.25) is 19.2 Å². The minimum absolute atomic E-state index is 0.346. The Morgan fingerprint density at radius 1 is 1.09 bits per heavy atom. The van der Waals surface area contributed by atoms with E-state index < -0.39 is 42.7 Å². The molecule has 0 heterocycles. The standard InChI is InChI=1S/C23H28N4O6/c1-2-15-4-3-5-16(12-15)22(31)25-14-20(28)27-19(13-21(29)30)23(32)26-17-6-8-18(9-7-17)33-11-10-24/h3-9,12,19H,2,10-11,13-14,24H2,1H3,(H,25,31)(H,26,32)(H,27,28)(H,29,30). The maximum atomic E-state index is 12.5. The quantitative estimate of drug-likeness (QED) is 0.317. The largest absolute Gasteiger partial charge is 0.492 e. The SMILES string of the molecule is CCc1cccc(C(=O)NCC(=O)NC(CC(=O)O)C(=O)Nc2ccc(OCCN)cc2)c1. The fraction of sp³-hybridized carbons (Fsp3) is 0.304. The van der Waals surface area contributed by atoms with Crippen molar-refractivity contribution in [3.05, 3.63) is 59.7 Å². The molecule has 10 heteroatoms. The predicted octanol–water partition coefficient (Wildman–Crippen LogP) is 0.915. The van der Waals surface area contributed by atoms with Crippen molar-refractivity contribution in [2.24, 2.45) is 5.73 Å². The van der Waals surface area contributed by atoms with Crippen LogP contribution in [0.4, 0.5) is 5.69 Å². The number of nitrogens with two attached hydrogens (primary N) is 1. The number of carbonyl (C=O) groups excluding carboxylic acids is 3. The first-order valence-electron chi connectivity index (χ1n) is 10.4. The summed E-state index contributed by atoms with van der Waals surface area (Å²) < 4.78 is 5.35. The normalized spacial score (nSPS) is 11.2. The van der Waals surface area contributed by atoms with Gasteiger partial charge in [0.15, 0.2) is 0 Å². The Hall–Kier alpha value is -3.92. The molecule has 0 aliphatic heterocycles. The van der Waals surface area contributed by atoms with Crippen LogP contribution in [0, 0.1) is 0 Å². The number of carboxylic acids is 1. The number of carbonyl (C=O) groups is 4. The molecule has 0 aliphatic carbocycles. The second-order valence-electron chi connectivity index (χ2n) is 7.11. The summed E-state index contributed by atoms with van der Waals surface area (Å²) in [5.74, 6) is -2.54. The van der Waals surface area contributed by atoms with Crippen molar-refractivity contribution in [3.63, 3.8) is 0 Å². The average Bonchev–Trinajstić information content (AvgIpc) is 2.81. The van der Waals surface area contributed by atoms with E-state index in [1.165, 1.54) is 0 Å². The van der Waals surface area contributed by atoms with E-state index in [4.69, 9.17) is 15.6 Å². The maximum absolute atomic E-state index is 12.5. The van der Waals surface area contributed by atoms with E-state index in [-0.39, 0.29) is 0 Å². The lowest BCUT2D eigenvalue weighted by molar-refractivity contribution is -0.139. The van der Waals surface area contributed by atoms with Gasteiger partial charge in [-0.25, -0.2) is 0 Å². The average molecular weight is 456 g/mol. The lowest BCUT2D eigenvalue weighted by Gasteiger charge is -2.17. The second-order valence-corrected chi connectivity index (χ2v) is 7.11. The molecule has 10 nitrogen and oxygen atoms in total. The van der Waals surface area contributed by atoms with Gasteiger partial charge in [0.2, 0.25) is 11.8 Å². The van der Waals surface area contributed by atoms with E-state index in [9.17, 15) is 19.2 Å². The number of hydrogen-bond acceptors (Lipinski definition) is 6. The molecule has 2 aromatic rings. The molecule has 6 N–H and O–H groups in total. The molecule has 0 aromatic heterocycles. The minimum atomic E-state index is -1.33. The highest BCUT2D eigenvalue weighted by atomic mass is 16.5. The Morgan fingerprint density at radius 3 is 2.45 bits per heavy atom. The van der Waals surface area contributed by atoms with E-state index in [1.54, 1.807) is 42.5 Å². The van der Waals surface area contributed by atoms with Crippen LogP contribution in [0.2, 0.25) is 0 Å². The fourth-order valence-corrected chi connectivity index (χ4v) is 2.87. The Labute approximate surface area is 191 Å². The number of rotatable bonds is 12. The Kier molecular flexibility index (Phi) is 9.84. The van der Waals surface area contributed by atoms with Gasteiger partial charge in [0.25, 0.3) is 5.91 Å². The van der Waals surface area contributed by atoms with Crippen molar-refractivity contribution in [3.8, 4) is 5.75 Å². The molecule has 2 aromatic carbocycles. The summed E-state index contributed by atoms with van der Waals surface area (Å²) in [6.45, 7) is 2.26. The Balaban J connectivity index is 1.93. The summed E-state index contributed by atoms with van der Waals surface area (Å²) in [4.78, 5) is 48.3. The molecule has 1 atom stereocenters. The number of anilines is 1. The highest BCUT2D eigenvalue weighted by Gasteiger charge is 2.24. The van der Waals surface area contributed by atoms with Crippen LogP contribution in [0.25, 0.3) is 0 Å². The number of nitrogens with one attached hydrogen (secondary N) is 3. The molecule has 176 valence electrons. The molecule has 1 unspecified atom stereocenters. The number of aliphatic carboxylic acids is 1. The molecule has 33 heavy (non-hydrogen) atoms. The van der Waals surface area contributed by atoms with Crippen LogP contribution in [0.5, 0.6) is 5.75 Å². The number of ether oxygens (including phenoxy) is 1. The van der Waals surface area contributed by atoms with E-state index in [0.29, 0.717) is 30.2 Å². The van der Waals surface area contributed by atoms with Gasteiger partial charge in [-0.15, -0.1) is 0 Å². The van der Waals surface area contributed by atoms with Gasteiger partial charge in [-0.05, 0) is 48.4 Å². The van der Waals surface area contributed by atoms with E-state index >= 15 is 0 Å². The summed E-state index contributed by atoms with van der Waals surface area (Å²) in [5, 5.41) is 16.5. The predicted molar refractivity (Wildman–Crippen MR) is 122 cm³/mol. The second kappa shape index (κ2) is 12.8. The summed E-state index contributed by atoms with van der Waals surface area (Å²) in [6.07, 6.45) is 0.138. The van der Waals surface area contributed by atoms with Gasteiger partial charge < -0.3 is 31.5 Å². The maximum Gasteiger partial charge on any atom is 0.305 e. The van der Waals surface area contributed by atoms with Crippen LogP contribution in [0.3, 0.4) is 0 Å². The van der Waals surface area contributed by atoms with Crippen LogP contribution in [-0.2, 0) is 20.8 Å². The Bertz CT molecular complexity index is 977. The van der Waals surface area contributed by atoms with Crippen molar-refractivity contribution in [1.82, 2.24) is 10.6 Å². The highest BCUT2D eigenvalue weighted by molar-refractivity contribution is 6.00. The van der Waals surface area contributed by atoms with E-state index in [0.717, 1.165) is 12.0 Å². The zero-order chi connectivity index (χ0) is 24.2. The molecule has 0 fully saturated rings. The van der Waals surface area contributed by atoms with Gasteiger partial charge in [0.1, 0.15) is 18.4 Å². The molecule has 0 aliphatic rings. The third-order valence-corrected chi connectivity index (χ3v) is 4.55. The first-order valence-corrected chi connectivity index (χ1v) is 10.4. The molecule has 0 saturated heterocycles. The van der Waals surface area contributed by atoms with Crippen LogP contribution >= 0.6 is 0 Å². The summed E-state index contributed by atoms with van der Waals surface area (Å²) in [6, 6.07) is 12.1. The van der Waals surface area contributed by atoms with Gasteiger partial charge in [-0.2, -0.15) is 0 Å². The van der Waals surface area contributed by atoms with Crippen LogP contribution in [0.1, 0.15) is 29.3 Å². The highest BCUT2D eigenvalue weighted by Crippen LogP contribution is 2.16. The van der Waals surface area contributed by atoms with Gasteiger partial charge in [0.05, 0.1) is 13.0 Å². The lowest BCUT2D eigenvalue weighted by Crippen LogP contribution is -2.48. The first kappa shape index (κ1) is 25.3. The van der Waals surface area contributed by atoms with Crippen molar-refractivity contribution in [1.29, 1.82) is 0 Å². The topological polar surface area (TPSA) is 160 Å². The number of aryl methyl sites for hydroxylation is 1. The van der Waals surface area contributed by atoms with Crippen molar-refractivity contribution < 1.29 is 29.0 Å². The summed E-state index contributed by atoms with van der Waals surface area (Å²) >= 11 is 0. The zero-order valence-electron chi connectivity index (χ0n) is 18.3. The van der Waals surface area contributed by atoms with Gasteiger partial charge in [-0.1, -0.05) is 19.1 Å². The monoisotopic (exact) mass is 456 g/mol. The molecule has 0 bridgehead atoms. The summed E-state index contributed by atoms with van der Waals surface area (Å²) in [5.41, 5.74) is 7.15. The van der Waals surface area contributed by atoms with Gasteiger partial charge in [0, 0.05) is 17.8 Å². The molecule has 2 rings (SSSR count). The fourth-order valence-electron chi connectivity index (χ4n) is 2.87. The summed E-state index contributed by atoms with van der Waals surface area (Å²) in [7, 11) is 0. The van der Waals surface area contributed by atoms with Gasteiger partial charge >= 0.3 is 5.97 Å². The minimum Gasteiger partial charge on any atom is -0.492 e. The smallest absolute Gasteiger partial charge is 0.305 e. The van der Waals surface area contributed by atoms with Crippen molar-refractivity contribution >= 4 is 29.4 Å². The Morgan fingerprint density at radius 2 is 1.82 bits per heavy atom. The van der Waals surface area contributed by atoms with Crippen molar-refractivity contribution in [2.75, 3.05) is 25.0 Å². The third kappa shape index (κ3) is 8.62. The first-order chi connectivity index (χ1) is 15.8. The number of carboxylic acid groups (broad SMARTS) is 1. The van der Waals surface area contributed by atoms with Crippen molar-refractivity contribution in [2.45, 2.75) is 25.8 Å². The third-order valence-electron chi connectivity index (χ3n) is 4.55. The van der Waals surface area contributed by atoms with Crippen LogP contribution in [0.15, 0.2) is 48.5 Å². The molecule has 3 amide bonds. The molecule has 0 spiro atoms. The zero-order valence-corrected chi connectivity index (χ0v) is 18.3. The van der Waals surface area contributed by atoms with Crippen LogP contribution in [-0.4, -0.2) is 54.5 Å². The van der Waals surface area contributed by atoms with E-state index in [2.05, 4.69) is 16.0 Å².